The van der Waals surface area contributed by atoms with E-state index in [1.165, 1.54) is 6.07 Å². The van der Waals surface area contributed by atoms with E-state index in [-0.39, 0.29) is 24.5 Å². The predicted molar refractivity (Wildman–Crippen MR) is 58.9 cm³/mol. The Balaban J connectivity index is 2.72. The summed E-state index contributed by atoms with van der Waals surface area (Å²) in [6.45, 7) is -0.140. The van der Waals surface area contributed by atoms with Crippen LogP contribution in [0.1, 0.15) is 0 Å². The molecule has 0 bridgehead atoms. The number of nitrogens with zero attached hydrogens (tertiary/aromatic N) is 1. The normalized spacial score (nSPS) is 9.71. The van der Waals surface area contributed by atoms with Crippen LogP contribution in [0.3, 0.4) is 0 Å². The minimum atomic E-state index is -0.657. The average molecular weight is 241 g/mol. The molecule has 0 saturated heterocycles. The average Bonchev–Trinajstić information content (AvgIpc) is 2.28. The number of aliphatic hydroxyl groups excluding tert-OH is 1. The van der Waals surface area contributed by atoms with Crippen molar-refractivity contribution in [2.24, 2.45) is 0 Å². The van der Waals surface area contributed by atoms with E-state index >= 15 is 0 Å². The van der Waals surface area contributed by atoms with E-state index in [9.17, 15) is 20.0 Å². The summed E-state index contributed by atoms with van der Waals surface area (Å²) in [7, 11) is 0. The van der Waals surface area contributed by atoms with Gasteiger partial charge in [0, 0.05) is 12.6 Å². The van der Waals surface area contributed by atoms with Crippen molar-refractivity contribution in [1.29, 1.82) is 0 Å². The number of urea groups is 1. The summed E-state index contributed by atoms with van der Waals surface area (Å²) >= 11 is 0. The van der Waals surface area contributed by atoms with Crippen LogP contribution < -0.4 is 10.6 Å². The van der Waals surface area contributed by atoms with Gasteiger partial charge in [-0.1, -0.05) is 0 Å². The van der Waals surface area contributed by atoms with Gasteiger partial charge in [-0.3, -0.25) is 10.1 Å². The van der Waals surface area contributed by atoms with Crippen LogP contribution in [0.15, 0.2) is 18.2 Å². The highest BCUT2D eigenvalue weighted by Gasteiger charge is 2.11. The Morgan fingerprint density at radius 1 is 1.47 bits per heavy atom. The number of benzene rings is 1. The molecule has 0 atom stereocenters. The molecular weight excluding hydrogens is 230 g/mol. The zero-order valence-corrected chi connectivity index (χ0v) is 8.71. The lowest BCUT2D eigenvalue weighted by Gasteiger charge is -2.07. The summed E-state index contributed by atoms with van der Waals surface area (Å²) in [4.78, 5) is 20.9. The summed E-state index contributed by atoms with van der Waals surface area (Å²) in [5.74, 6) is -0.404. The number of phenolic OH excluding ortho intramolecular Hbond substituents is 1. The molecule has 92 valence electrons. The molecule has 0 fully saturated rings. The molecule has 1 rings (SSSR count). The van der Waals surface area contributed by atoms with E-state index in [1.807, 2.05) is 0 Å². The van der Waals surface area contributed by atoms with Crippen molar-refractivity contribution in [1.82, 2.24) is 5.32 Å². The Morgan fingerprint density at radius 2 is 2.18 bits per heavy atom. The number of non-ortho nitro benzene ring substituents is 1. The number of phenols is 1. The van der Waals surface area contributed by atoms with Crippen LogP contribution in [0.25, 0.3) is 0 Å². The van der Waals surface area contributed by atoms with Gasteiger partial charge in [0.1, 0.15) is 5.75 Å². The minimum absolute atomic E-state index is 0.0473. The fourth-order valence-electron chi connectivity index (χ4n) is 1.08. The number of aliphatic hydroxyl groups is 1. The summed E-state index contributed by atoms with van der Waals surface area (Å²) < 4.78 is 0. The molecule has 2 amide bonds. The fraction of sp³-hybridized carbons (Fsp3) is 0.222. The first-order chi connectivity index (χ1) is 8.04. The van der Waals surface area contributed by atoms with Crippen molar-refractivity contribution in [3.8, 4) is 5.75 Å². The zero-order chi connectivity index (χ0) is 12.8. The topological polar surface area (TPSA) is 125 Å². The smallest absolute Gasteiger partial charge is 0.319 e. The van der Waals surface area contributed by atoms with Crippen LogP contribution in [-0.4, -0.2) is 34.3 Å². The number of carbonyl (C=O) groups excluding carboxylic acids is 1. The molecule has 0 aliphatic carbocycles. The fourth-order valence-corrected chi connectivity index (χ4v) is 1.08. The maximum absolute atomic E-state index is 11.2. The van der Waals surface area contributed by atoms with Gasteiger partial charge in [0.15, 0.2) is 0 Å². The van der Waals surface area contributed by atoms with E-state index in [2.05, 4.69) is 10.6 Å². The standard InChI is InChI=1S/C9H11N3O5/c13-4-3-10-9(15)11-7-2-1-6(12(16)17)5-8(7)14/h1-2,5,13-14H,3-4H2,(H2,10,11,15). The van der Waals surface area contributed by atoms with Crippen molar-refractivity contribution in [3.63, 3.8) is 0 Å². The van der Waals surface area contributed by atoms with Gasteiger partial charge < -0.3 is 20.8 Å². The van der Waals surface area contributed by atoms with Crippen LogP contribution >= 0.6 is 0 Å². The number of nitrogens with one attached hydrogen (secondary N) is 2. The van der Waals surface area contributed by atoms with Crippen LogP contribution in [-0.2, 0) is 0 Å². The van der Waals surface area contributed by atoms with E-state index in [1.54, 1.807) is 0 Å². The van der Waals surface area contributed by atoms with Gasteiger partial charge in [0.2, 0.25) is 0 Å². The van der Waals surface area contributed by atoms with Gasteiger partial charge in [-0.25, -0.2) is 4.79 Å². The summed E-state index contributed by atoms with van der Waals surface area (Å²) in [5, 5.41) is 32.9. The summed E-state index contributed by atoms with van der Waals surface area (Å²) in [6, 6.07) is 2.68. The number of amides is 2. The number of nitro benzene ring substituents is 1. The quantitative estimate of drug-likeness (QED) is 0.345. The highest BCUT2D eigenvalue weighted by Crippen LogP contribution is 2.27. The second-order valence-corrected chi connectivity index (χ2v) is 3.06. The number of hydrogen-bond acceptors (Lipinski definition) is 5. The third kappa shape index (κ3) is 3.61. The van der Waals surface area contributed by atoms with Crippen molar-refractivity contribution >= 4 is 17.4 Å². The summed E-state index contributed by atoms with van der Waals surface area (Å²) in [5.41, 5.74) is -0.227. The van der Waals surface area contributed by atoms with Gasteiger partial charge in [0.25, 0.3) is 5.69 Å². The number of aromatic hydroxyl groups is 1. The molecule has 4 N–H and O–H groups in total. The van der Waals surface area contributed by atoms with Gasteiger partial charge in [-0.05, 0) is 6.07 Å². The van der Waals surface area contributed by atoms with E-state index in [0.717, 1.165) is 12.1 Å². The molecule has 0 unspecified atom stereocenters. The lowest BCUT2D eigenvalue weighted by atomic mass is 10.2. The Morgan fingerprint density at radius 3 is 2.71 bits per heavy atom. The van der Waals surface area contributed by atoms with Crippen molar-refractivity contribution < 1.29 is 19.9 Å². The van der Waals surface area contributed by atoms with Crippen LogP contribution in [0.5, 0.6) is 5.75 Å². The minimum Gasteiger partial charge on any atom is -0.506 e. The Labute approximate surface area is 96.0 Å². The maximum Gasteiger partial charge on any atom is 0.319 e. The van der Waals surface area contributed by atoms with Crippen LogP contribution in [0.2, 0.25) is 0 Å². The Hall–Kier alpha value is -2.35. The van der Waals surface area contributed by atoms with E-state index in [4.69, 9.17) is 5.11 Å². The lowest BCUT2D eigenvalue weighted by molar-refractivity contribution is -0.384. The van der Waals surface area contributed by atoms with Crippen LogP contribution in [0, 0.1) is 10.1 Å². The monoisotopic (exact) mass is 241 g/mol. The number of rotatable bonds is 4. The van der Waals surface area contributed by atoms with E-state index < -0.39 is 16.7 Å². The molecule has 0 saturated carbocycles. The van der Waals surface area contributed by atoms with Gasteiger partial charge in [-0.15, -0.1) is 0 Å². The second-order valence-electron chi connectivity index (χ2n) is 3.06. The molecule has 1 aromatic carbocycles. The predicted octanol–water partition coefficient (Wildman–Crippen LogP) is 0.414. The molecule has 0 radical (unpaired) electrons. The molecule has 0 aliphatic heterocycles. The molecule has 0 aromatic heterocycles. The first-order valence-corrected chi connectivity index (χ1v) is 4.67. The number of anilines is 1. The maximum atomic E-state index is 11.2. The highest BCUT2D eigenvalue weighted by molar-refractivity contribution is 5.91. The highest BCUT2D eigenvalue weighted by atomic mass is 16.6. The molecule has 0 heterocycles. The molecular formula is C9H11N3O5. The summed E-state index contributed by atoms with van der Waals surface area (Å²) in [6.07, 6.45) is 0. The van der Waals surface area contributed by atoms with Gasteiger partial charge in [-0.2, -0.15) is 0 Å². The SMILES string of the molecule is O=C(NCCO)Nc1ccc([N+](=O)[O-])cc1O. The molecule has 1 aromatic rings. The van der Waals surface area contributed by atoms with Crippen molar-refractivity contribution in [2.45, 2.75) is 0 Å². The lowest BCUT2D eigenvalue weighted by Crippen LogP contribution is -2.30. The molecule has 8 nitrogen and oxygen atoms in total. The zero-order valence-electron chi connectivity index (χ0n) is 8.71. The molecule has 8 heteroatoms. The van der Waals surface area contributed by atoms with Gasteiger partial charge >= 0.3 is 6.03 Å². The Bertz CT molecular complexity index is 435. The van der Waals surface area contributed by atoms with Crippen molar-refractivity contribution in [2.75, 3.05) is 18.5 Å². The molecule has 17 heavy (non-hydrogen) atoms. The largest absolute Gasteiger partial charge is 0.506 e. The Kier molecular flexibility index (Phi) is 4.23. The van der Waals surface area contributed by atoms with E-state index in [0.29, 0.717) is 0 Å². The third-order valence-electron chi connectivity index (χ3n) is 1.84. The molecule has 0 spiro atoms. The number of carbonyl (C=O) groups is 1. The first-order valence-electron chi connectivity index (χ1n) is 4.67. The third-order valence-corrected chi connectivity index (χ3v) is 1.84. The number of nitro groups is 1. The molecule has 0 aliphatic rings. The number of hydrogen-bond donors (Lipinski definition) is 4. The van der Waals surface area contributed by atoms with Crippen LogP contribution in [0.4, 0.5) is 16.2 Å². The first kappa shape index (κ1) is 12.7. The second kappa shape index (κ2) is 5.66. The van der Waals surface area contributed by atoms with Gasteiger partial charge in [0.05, 0.1) is 23.3 Å². The van der Waals surface area contributed by atoms with Crippen molar-refractivity contribution in [3.05, 3.63) is 28.3 Å².